The Balaban J connectivity index is 1.41. The molecule has 2 aromatic rings. The van der Waals surface area contributed by atoms with E-state index in [9.17, 15) is 14.4 Å². The molecule has 0 bridgehead atoms. The zero-order valence-corrected chi connectivity index (χ0v) is 17.3. The Morgan fingerprint density at radius 2 is 1.83 bits per heavy atom. The van der Waals surface area contributed by atoms with Crippen molar-refractivity contribution in [1.82, 2.24) is 9.80 Å². The number of nitrogens with zero attached hydrogens (tertiary/aromatic N) is 2. The average molecular weight is 429 g/mol. The molecule has 2 saturated heterocycles. The summed E-state index contributed by atoms with van der Waals surface area (Å²) in [5.74, 6) is -0.122. The van der Waals surface area contributed by atoms with Gasteiger partial charge < -0.3 is 9.32 Å². The molecule has 0 aliphatic carbocycles. The summed E-state index contributed by atoms with van der Waals surface area (Å²) in [6, 6.07) is 13.4. The van der Waals surface area contributed by atoms with Crippen LogP contribution in [0, 0.1) is 0 Å². The van der Waals surface area contributed by atoms with Gasteiger partial charge in [-0.15, -0.1) is 0 Å². The molecule has 8 heteroatoms. The molecule has 0 N–H and O–H groups in total. The summed E-state index contributed by atoms with van der Waals surface area (Å²) < 4.78 is 5.76. The fraction of sp³-hybridized carbons (Fsp3) is 0.286. The third-order valence-corrected chi connectivity index (χ3v) is 6.55. The Morgan fingerprint density at radius 3 is 2.59 bits per heavy atom. The van der Waals surface area contributed by atoms with Crippen LogP contribution in [0.15, 0.2) is 61.8 Å². The Hall–Kier alpha value is -2.45. The first kappa shape index (κ1) is 19.8. The van der Waals surface area contributed by atoms with Crippen LogP contribution in [-0.2, 0) is 9.59 Å². The average Bonchev–Trinajstić information content (AvgIpc) is 3.28. The van der Waals surface area contributed by atoms with E-state index in [1.165, 1.54) is 11.8 Å². The standard InChI is InChI=1S/C21H20N2O4S2/c24-18(22-11-5-2-6-12-22)14-23-20(25)17(29-21(23)26)13-15-9-10-19(27-15)28-16-7-3-1-4-8-16/h1,3-4,7-10,13H,2,5-6,11-12,14H2/b17-13-. The van der Waals surface area contributed by atoms with Crippen LogP contribution in [0.1, 0.15) is 25.0 Å². The molecular weight excluding hydrogens is 408 g/mol. The lowest BCUT2D eigenvalue weighted by Gasteiger charge is -2.27. The topological polar surface area (TPSA) is 70.8 Å². The smallest absolute Gasteiger partial charge is 0.294 e. The largest absolute Gasteiger partial charge is 0.450 e. The monoisotopic (exact) mass is 428 g/mol. The lowest BCUT2D eigenvalue weighted by atomic mass is 10.1. The van der Waals surface area contributed by atoms with E-state index in [0.717, 1.165) is 40.8 Å². The van der Waals surface area contributed by atoms with Crippen LogP contribution < -0.4 is 0 Å². The molecule has 150 valence electrons. The third-order valence-electron chi connectivity index (χ3n) is 4.71. The van der Waals surface area contributed by atoms with Gasteiger partial charge in [0.25, 0.3) is 11.1 Å². The first-order valence-corrected chi connectivity index (χ1v) is 11.1. The summed E-state index contributed by atoms with van der Waals surface area (Å²) in [6.07, 6.45) is 4.61. The SMILES string of the molecule is O=C(CN1C(=O)S/C(=C\c2ccc(Sc3ccccc3)o2)C1=O)N1CCCCC1. The molecular formula is C21H20N2O4S2. The Bertz CT molecular complexity index is 949. The van der Waals surface area contributed by atoms with Gasteiger partial charge >= 0.3 is 0 Å². The molecule has 2 aliphatic heterocycles. The number of rotatable bonds is 5. The van der Waals surface area contributed by atoms with Crippen molar-refractivity contribution in [3.8, 4) is 0 Å². The Labute approximate surface area is 177 Å². The van der Waals surface area contributed by atoms with Gasteiger partial charge in [0.05, 0.1) is 4.91 Å². The third kappa shape index (κ3) is 4.76. The molecule has 1 aromatic carbocycles. The number of thioether (sulfide) groups is 1. The molecule has 1 aromatic heterocycles. The van der Waals surface area contributed by atoms with Crippen molar-refractivity contribution in [2.75, 3.05) is 19.6 Å². The van der Waals surface area contributed by atoms with E-state index in [0.29, 0.717) is 23.9 Å². The zero-order valence-electron chi connectivity index (χ0n) is 15.7. The summed E-state index contributed by atoms with van der Waals surface area (Å²) in [7, 11) is 0. The molecule has 0 radical (unpaired) electrons. The summed E-state index contributed by atoms with van der Waals surface area (Å²) in [5, 5.41) is 0.277. The molecule has 4 rings (SSSR count). The Morgan fingerprint density at radius 1 is 1.07 bits per heavy atom. The highest BCUT2D eigenvalue weighted by molar-refractivity contribution is 8.18. The van der Waals surface area contributed by atoms with Crippen molar-refractivity contribution < 1.29 is 18.8 Å². The lowest BCUT2D eigenvalue weighted by Crippen LogP contribution is -2.44. The quantitative estimate of drug-likeness (QED) is 0.654. The molecule has 2 fully saturated rings. The minimum Gasteiger partial charge on any atom is -0.450 e. The summed E-state index contributed by atoms with van der Waals surface area (Å²) in [5.41, 5.74) is 0. The second kappa shape index (κ2) is 8.92. The fourth-order valence-corrected chi connectivity index (χ4v) is 4.83. The van der Waals surface area contributed by atoms with Gasteiger partial charge in [0.2, 0.25) is 5.91 Å². The van der Waals surface area contributed by atoms with Crippen LogP contribution in [0.3, 0.4) is 0 Å². The minimum atomic E-state index is -0.445. The van der Waals surface area contributed by atoms with E-state index in [4.69, 9.17) is 4.42 Å². The van der Waals surface area contributed by atoms with Crippen molar-refractivity contribution in [3.05, 3.63) is 53.1 Å². The summed E-state index contributed by atoms with van der Waals surface area (Å²) in [4.78, 5) is 41.4. The summed E-state index contributed by atoms with van der Waals surface area (Å²) >= 11 is 2.32. The molecule has 0 atom stereocenters. The van der Waals surface area contributed by atoms with Gasteiger partial charge in [0, 0.05) is 24.1 Å². The van der Waals surface area contributed by atoms with E-state index in [1.54, 1.807) is 17.0 Å². The van der Waals surface area contributed by atoms with Crippen LogP contribution in [0.2, 0.25) is 0 Å². The number of amides is 3. The van der Waals surface area contributed by atoms with Gasteiger partial charge in [-0.2, -0.15) is 0 Å². The van der Waals surface area contributed by atoms with Crippen molar-refractivity contribution in [3.63, 3.8) is 0 Å². The highest BCUT2D eigenvalue weighted by Gasteiger charge is 2.37. The number of hydrogen-bond acceptors (Lipinski definition) is 6. The second-order valence-electron chi connectivity index (χ2n) is 6.78. The maximum absolute atomic E-state index is 12.6. The molecule has 29 heavy (non-hydrogen) atoms. The maximum atomic E-state index is 12.6. The number of piperidine rings is 1. The molecule has 0 saturated carbocycles. The molecule has 2 aliphatic rings. The van der Waals surface area contributed by atoms with E-state index < -0.39 is 11.1 Å². The first-order valence-electron chi connectivity index (χ1n) is 9.46. The van der Waals surface area contributed by atoms with Crippen molar-refractivity contribution in [2.45, 2.75) is 29.3 Å². The van der Waals surface area contributed by atoms with Crippen molar-refractivity contribution in [1.29, 1.82) is 0 Å². The maximum Gasteiger partial charge on any atom is 0.294 e. The number of imide groups is 1. The number of carbonyl (C=O) groups is 3. The minimum absolute atomic E-state index is 0.173. The number of benzene rings is 1. The van der Waals surface area contributed by atoms with Crippen LogP contribution in [-0.4, -0.2) is 46.5 Å². The first-order chi connectivity index (χ1) is 14.1. The van der Waals surface area contributed by atoms with Gasteiger partial charge in [-0.25, -0.2) is 0 Å². The van der Waals surface area contributed by atoms with Crippen LogP contribution in [0.4, 0.5) is 4.79 Å². The van der Waals surface area contributed by atoms with E-state index in [2.05, 4.69) is 0 Å². The fourth-order valence-electron chi connectivity index (χ4n) is 3.22. The number of carbonyl (C=O) groups excluding carboxylic acids is 3. The van der Waals surface area contributed by atoms with Crippen molar-refractivity contribution >= 4 is 46.7 Å². The summed E-state index contributed by atoms with van der Waals surface area (Å²) in [6.45, 7) is 1.19. The van der Waals surface area contributed by atoms with Gasteiger partial charge in [-0.1, -0.05) is 30.0 Å². The number of furan rings is 1. The zero-order chi connectivity index (χ0) is 20.2. The van der Waals surface area contributed by atoms with Gasteiger partial charge in [-0.3, -0.25) is 19.3 Å². The number of likely N-dealkylation sites (tertiary alicyclic amines) is 1. The van der Waals surface area contributed by atoms with Crippen molar-refractivity contribution in [2.24, 2.45) is 0 Å². The molecule has 0 unspecified atom stereocenters. The van der Waals surface area contributed by atoms with Crippen LogP contribution in [0.25, 0.3) is 6.08 Å². The van der Waals surface area contributed by atoms with Crippen LogP contribution in [0.5, 0.6) is 0 Å². The van der Waals surface area contributed by atoms with Crippen LogP contribution >= 0.6 is 23.5 Å². The predicted octanol–water partition coefficient (Wildman–Crippen LogP) is 4.48. The van der Waals surface area contributed by atoms with E-state index in [-0.39, 0.29) is 17.4 Å². The second-order valence-corrected chi connectivity index (χ2v) is 8.85. The molecule has 3 heterocycles. The molecule has 3 amide bonds. The van der Waals surface area contributed by atoms with E-state index >= 15 is 0 Å². The van der Waals surface area contributed by atoms with Gasteiger partial charge in [0.1, 0.15) is 12.3 Å². The highest BCUT2D eigenvalue weighted by atomic mass is 32.2. The van der Waals surface area contributed by atoms with Gasteiger partial charge in [-0.05, 0) is 55.3 Å². The predicted molar refractivity (Wildman–Crippen MR) is 112 cm³/mol. The highest BCUT2D eigenvalue weighted by Crippen LogP contribution is 2.34. The Kier molecular flexibility index (Phi) is 6.10. The van der Waals surface area contributed by atoms with E-state index in [1.807, 2.05) is 36.4 Å². The number of hydrogen-bond donors (Lipinski definition) is 0. The molecule has 6 nitrogen and oxygen atoms in total. The normalized spacial score (nSPS) is 18.7. The molecule has 0 spiro atoms. The van der Waals surface area contributed by atoms with Gasteiger partial charge in [0.15, 0.2) is 5.09 Å². The lowest BCUT2D eigenvalue weighted by molar-refractivity contribution is -0.136.